The van der Waals surface area contributed by atoms with Crippen LogP contribution in [0.15, 0.2) is 61.1 Å². The highest BCUT2D eigenvalue weighted by molar-refractivity contribution is 5.46. The van der Waals surface area contributed by atoms with Gasteiger partial charge in [0.2, 0.25) is 0 Å². The van der Waals surface area contributed by atoms with Gasteiger partial charge in [0.25, 0.3) is 0 Å². The number of hydrogen-bond donors (Lipinski definition) is 1. The SMILES string of the molecule is OC1(C#Cc2ccc(C#Cc3cnccn3)nc2Cc2ccccc2)CN2CCC1CC2. The Hall–Kier alpha value is -3.51. The van der Waals surface area contributed by atoms with Crippen molar-refractivity contribution in [3.8, 4) is 23.7 Å². The molecule has 0 saturated carbocycles. The first-order chi connectivity index (χ1) is 15.7. The van der Waals surface area contributed by atoms with Crippen LogP contribution in [0, 0.1) is 29.6 Å². The summed E-state index contributed by atoms with van der Waals surface area (Å²) in [5, 5.41) is 11.2. The van der Waals surface area contributed by atoms with Crippen molar-refractivity contribution in [1.29, 1.82) is 0 Å². The van der Waals surface area contributed by atoms with Crippen molar-refractivity contribution in [1.82, 2.24) is 19.9 Å². The Bertz CT molecular complexity index is 1210. The zero-order valence-corrected chi connectivity index (χ0v) is 17.8. The molecule has 158 valence electrons. The standard InChI is InChI=1S/C27H24N4O/c32-27(20-31-16-11-23(27)12-17-31)13-10-22-6-7-24(8-9-25-19-28-14-15-29-25)30-26(22)18-21-4-2-1-3-5-21/h1-7,14-15,19,23,32H,11-12,16-18,20H2. The molecule has 3 aliphatic heterocycles. The first-order valence-electron chi connectivity index (χ1n) is 11.0. The molecule has 32 heavy (non-hydrogen) atoms. The van der Waals surface area contributed by atoms with Crippen molar-refractivity contribution in [2.24, 2.45) is 5.92 Å². The molecule has 1 N–H and O–H groups in total. The quantitative estimate of drug-likeness (QED) is 0.646. The molecule has 0 radical (unpaired) electrons. The maximum Gasteiger partial charge on any atom is 0.141 e. The van der Waals surface area contributed by atoms with Gasteiger partial charge in [-0.05, 0) is 55.5 Å². The van der Waals surface area contributed by atoms with E-state index in [0.29, 0.717) is 24.4 Å². The predicted molar refractivity (Wildman–Crippen MR) is 122 cm³/mol. The van der Waals surface area contributed by atoms with Crippen molar-refractivity contribution in [2.75, 3.05) is 19.6 Å². The summed E-state index contributed by atoms with van der Waals surface area (Å²) in [6.45, 7) is 2.76. The lowest BCUT2D eigenvalue weighted by Gasteiger charge is -2.47. The van der Waals surface area contributed by atoms with Crippen molar-refractivity contribution in [3.63, 3.8) is 0 Å². The molecule has 3 aliphatic rings. The summed E-state index contributed by atoms with van der Waals surface area (Å²) in [7, 11) is 0. The number of aliphatic hydroxyl groups is 1. The maximum absolute atomic E-state index is 11.2. The Morgan fingerprint density at radius 2 is 1.78 bits per heavy atom. The van der Waals surface area contributed by atoms with Crippen LogP contribution in [0.5, 0.6) is 0 Å². The van der Waals surface area contributed by atoms with E-state index < -0.39 is 5.60 Å². The lowest BCUT2D eigenvalue weighted by atomic mass is 9.75. The third-order valence-corrected chi connectivity index (χ3v) is 6.21. The van der Waals surface area contributed by atoms with Crippen molar-refractivity contribution in [3.05, 3.63) is 89.3 Å². The van der Waals surface area contributed by atoms with Crippen LogP contribution >= 0.6 is 0 Å². The Morgan fingerprint density at radius 3 is 2.50 bits per heavy atom. The number of hydrogen-bond acceptors (Lipinski definition) is 5. The Kier molecular flexibility index (Phi) is 5.69. The number of pyridine rings is 1. The zero-order chi connectivity index (χ0) is 21.8. The molecule has 5 nitrogen and oxygen atoms in total. The summed E-state index contributed by atoms with van der Waals surface area (Å²) < 4.78 is 0. The van der Waals surface area contributed by atoms with Gasteiger partial charge in [-0.25, -0.2) is 9.97 Å². The average molecular weight is 421 g/mol. The molecular formula is C27H24N4O. The highest BCUT2D eigenvalue weighted by atomic mass is 16.3. The highest BCUT2D eigenvalue weighted by Crippen LogP contribution is 2.35. The zero-order valence-electron chi connectivity index (χ0n) is 17.8. The fourth-order valence-corrected chi connectivity index (χ4v) is 4.46. The molecule has 3 aromatic rings. The second kappa shape index (κ2) is 8.93. The molecule has 2 aromatic heterocycles. The second-order valence-corrected chi connectivity index (χ2v) is 8.42. The minimum Gasteiger partial charge on any atom is -0.376 e. The minimum absolute atomic E-state index is 0.252. The largest absolute Gasteiger partial charge is 0.376 e. The molecule has 0 aliphatic carbocycles. The predicted octanol–water partition coefficient (Wildman–Crippen LogP) is 2.67. The van der Waals surface area contributed by atoms with E-state index >= 15 is 0 Å². The highest BCUT2D eigenvalue weighted by Gasteiger charge is 2.44. The molecular weight excluding hydrogens is 396 g/mol. The monoisotopic (exact) mass is 420 g/mol. The third kappa shape index (κ3) is 4.55. The minimum atomic E-state index is -0.940. The second-order valence-electron chi connectivity index (χ2n) is 8.42. The van der Waals surface area contributed by atoms with Gasteiger partial charge >= 0.3 is 0 Å². The molecule has 5 heterocycles. The molecule has 2 bridgehead atoms. The summed E-state index contributed by atoms with van der Waals surface area (Å²) in [5.41, 5.74) is 3.18. The van der Waals surface area contributed by atoms with E-state index in [4.69, 9.17) is 4.98 Å². The van der Waals surface area contributed by atoms with Gasteiger partial charge in [0.05, 0.1) is 11.9 Å². The van der Waals surface area contributed by atoms with E-state index in [1.165, 1.54) is 0 Å². The molecule has 0 spiro atoms. The van der Waals surface area contributed by atoms with Gasteiger partial charge in [-0.3, -0.25) is 9.88 Å². The van der Waals surface area contributed by atoms with Gasteiger partial charge < -0.3 is 5.11 Å². The summed E-state index contributed by atoms with van der Waals surface area (Å²) >= 11 is 0. The first-order valence-corrected chi connectivity index (χ1v) is 11.0. The maximum atomic E-state index is 11.2. The summed E-state index contributed by atoms with van der Waals surface area (Å²) in [5.74, 6) is 12.8. The van der Waals surface area contributed by atoms with Gasteiger partial charge in [0, 0.05) is 36.8 Å². The van der Waals surface area contributed by atoms with Crippen molar-refractivity contribution < 1.29 is 5.11 Å². The Balaban J connectivity index is 1.47. The van der Waals surface area contributed by atoms with E-state index in [1.807, 2.05) is 30.3 Å². The summed E-state index contributed by atoms with van der Waals surface area (Å²) in [4.78, 5) is 15.3. The van der Waals surface area contributed by atoms with Crippen LogP contribution in [0.3, 0.4) is 0 Å². The summed E-state index contributed by atoms with van der Waals surface area (Å²) in [6.07, 6.45) is 7.55. The van der Waals surface area contributed by atoms with E-state index in [9.17, 15) is 5.11 Å². The number of piperidine rings is 3. The summed E-state index contributed by atoms with van der Waals surface area (Å²) in [6, 6.07) is 14.0. The number of nitrogens with zero attached hydrogens (tertiary/aromatic N) is 4. The van der Waals surface area contributed by atoms with Crippen LogP contribution in [-0.4, -0.2) is 50.2 Å². The fourth-order valence-electron chi connectivity index (χ4n) is 4.46. The van der Waals surface area contributed by atoms with Crippen LogP contribution in [0.4, 0.5) is 0 Å². The van der Waals surface area contributed by atoms with Crippen LogP contribution in [-0.2, 0) is 6.42 Å². The van der Waals surface area contributed by atoms with Crippen molar-refractivity contribution >= 4 is 0 Å². The lowest BCUT2D eigenvalue weighted by Crippen LogP contribution is -2.58. The molecule has 3 fully saturated rings. The van der Waals surface area contributed by atoms with Gasteiger partial charge in [-0.1, -0.05) is 42.2 Å². The van der Waals surface area contributed by atoms with Gasteiger partial charge in [0.1, 0.15) is 17.0 Å². The molecule has 3 saturated heterocycles. The lowest BCUT2D eigenvalue weighted by molar-refractivity contribution is -0.0713. The van der Waals surface area contributed by atoms with Gasteiger partial charge in [-0.15, -0.1) is 0 Å². The Morgan fingerprint density at radius 1 is 0.969 bits per heavy atom. The molecule has 5 heteroatoms. The van der Waals surface area contributed by atoms with Gasteiger partial charge in [-0.2, -0.15) is 0 Å². The van der Waals surface area contributed by atoms with E-state index in [0.717, 1.165) is 42.8 Å². The first kappa shape index (κ1) is 20.4. The molecule has 1 unspecified atom stereocenters. The molecule has 1 aromatic carbocycles. The topological polar surface area (TPSA) is 62.1 Å². The van der Waals surface area contributed by atoms with Gasteiger partial charge in [0.15, 0.2) is 0 Å². The van der Waals surface area contributed by atoms with E-state index in [-0.39, 0.29) is 5.92 Å². The smallest absolute Gasteiger partial charge is 0.141 e. The number of fused-ring (bicyclic) bond motifs is 3. The van der Waals surface area contributed by atoms with Crippen molar-refractivity contribution in [2.45, 2.75) is 24.9 Å². The van der Waals surface area contributed by atoms with E-state index in [2.05, 4.69) is 50.7 Å². The van der Waals surface area contributed by atoms with Crippen LogP contribution in [0.25, 0.3) is 0 Å². The van der Waals surface area contributed by atoms with E-state index in [1.54, 1.807) is 18.6 Å². The van der Waals surface area contributed by atoms with Crippen LogP contribution in [0.2, 0.25) is 0 Å². The van der Waals surface area contributed by atoms with Crippen LogP contribution in [0.1, 0.15) is 41.1 Å². The third-order valence-electron chi connectivity index (χ3n) is 6.21. The van der Waals surface area contributed by atoms with Crippen LogP contribution < -0.4 is 0 Å². The molecule has 6 rings (SSSR count). The molecule has 1 atom stereocenters. The normalized spacial score (nSPS) is 23.5. The average Bonchev–Trinajstić information content (AvgIpc) is 2.84. The number of rotatable bonds is 2. The Labute approximate surface area is 188 Å². The molecule has 0 amide bonds. The number of aromatic nitrogens is 3. The fraction of sp³-hybridized carbons (Fsp3) is 0.296. The number of benzene rings is 1.